The molecule has 0 spiro atoms. The molecule has 1 atom stereocenters. The fourth-order valence-corrected chi connectivity index (χ4v) is 4.26. The van der Waals surface area contributed by atoms with Gasteiger partial charge in [-0.25, -0.2) is 0 Å². The average molecular weight is 270 g/mol. The molecule has 19 heavy (non-hydrogen) atoms. The minimum Gasteiger partial charge on any atom is -0.469 e. The van der Waals surface area contributed by atoms with Crippen molar-refractivity contribution in [1.29, 1.82) is 0 Å². The van der Waals surface area contributed by atoms with Crippen LogP contribution in [0.25, 0.3) is 0 Å². The molecule has 0 saturated heterocycles. The molecule has 2 nitrogen and oxygen atoms in total. The van der Waals surface area contributed by atoms with Gasteiger partial charge in [0, 0.05) is 5.54 Å². The highest BCUT2D eigenvalue weighted by atomic mass is 28.2. The van der Waals surface area contributed by atoms with Crippen LogP contribution in [0.15, 0.2) is 60.7 Å². The molecule has 0 heterocycles. The molecule has 3 heteroatoms. The lowest BCUT2D eigenvalue weighted by molar-refractivity contribution is -0.129. The van der Waals surface area contributed by atoms with Gasteiger partial charge in [0.1, 0.15) is 0 Å². The van der Waals surface area contributed by atoms with Gasteiger partial charge in [-0.05, 0) is 18.1 Å². The number of hydrogen-bond donors (Lipinski definition) is 0. The van der Waals surface area contributed by atoms with Crippen LogP contribution in [0.5, 0.6) is 0 Å². The molecule has 0 aliphatic rings. The number of carbonyl (C=O) groups excluding carboxylic acids is 1. The Morgan fingerprint density at radius 1 is 0.947 bits per heavy atom. The number of benzene rings is 2. The normalized spacial score (nSPS) is 12.7. The van der Waals surface area contributed by atoms with Crippen LogP contribution in [0.3, 0.4) is 0 Å². The maximum atomic E-state index is 10.5. The Hall–Kier alpha value is -1.87. The summed E-state index contributed by atoms with van der Waals surface area (Å²) in [6, 6.07) is 20.9. The quantitative estimate of drug-likeness (QED) is 0.595. The van der Waals surface area contributed by atoms with Gasteiger partial charge in [0.25, 0.3) is 6.47 Å². The van der Waals surface area contributed by atoms with Crippen LogP contribution in [0.2, 0.25) is 0 Å². The molecule has 0 amide bonds. The molecule has 1 unspecified atom stereocenters. The van der Waals surface area contributed by atoms with Crippen LogP contribution in [0.4, 0.5) is 0 Å². The van der Waals surface area contributed by atoms with E-state index in [9.17, 15) is 4.79 Å². The lowest BCUT2D eigenvalue weighted by Gasteiger charge is -2.20. The zero-order valence-corrected chi connectivity index (χ0v) is 12.4. The predicted molar refractivity (Wildman–Crippen MR) is 79.9 cm³/mol. The van der Waals surface area contributed by atoms with Crippen molar-refractivity contribution in [3.63, 3.8) is 0 Å². The molecule has 0 bridgehead atoms. The van der Waals surface area contributed by atoms with E-state index in [0.29, 0.717) is 12.0 Å². The Morgan fingerprint density at radius 3 is 1.84 bits per heavy atom. The summed E-state index contributed by atoms with van der Waals surface area (Å²) in [6.45, 7) is 2.55. The fraction of sp³-hybridized carbons (Fsp3) is 0.188. The van der Waals surface area contributed by atoms with E-state index in [2.05, 4.69) is 48.5 Å². The molecule has 98 valence electrons. The van der Waals surface area contributed by atoms with E-state index in [1.54, 1.807) is 0 Å². The summed E-state index contributed by atoms with van der Waals surface area (Å²) in [6.07, 6.45) is 0. The van der Waals surface area contributed by atoms with Gasteiger partial charge in [-0.2, -0.15) is 0 Å². The summed E-state index contributed by atoms with van der Waals surface area (Å²) < 4.78 is 5.10. The molecule has 2 rings (SSSR count). The first kappa shape index (κ1) is 13.6. The number of carbonyl (C=O) groups is 1. The monoisotopic (exact) mass is 270 g/mol. The molecule has 0 aromatic heterocycles. The molecule has 2 aromatic rings. The van der Waals surface area contributed by atoms with E-state index in [-0.39, 0.29) is 5.73 Å². The lowest BCUT2D eigenvalue weighted by atomic mass is 10.0. The molecule has 0 N–H and O–H groups in total. The molecular formula is C16H18O2Si. The third kappa shape index (κ3) is 3.79. The average Bonchev–Trinajstić information content (AvgIpc) is 2.47. The van der Waals surface area contributed by atoms with Crippen molar-refractivity contribution in [3.05, 3.63) is 71.8 Å². The van der Waals surface area contributed by atoms with Crippen molar-refractivity contribution < 1.29 is 9.53 Å². The largest absolute Gasteiger partial charge is 0.469 e. The molecule has 0 radical (unpaired) electrons. The number of hydrogen-bond acceptors (Lipinski definition) is 2. The summed E-state index contributed by atoms with van der Waals surface area (Å²) in [5.74, 6) is 0. The van der Waals surface area contributed by atoms with E-state index in [4.69, 9.17) is 4.74 Å². The second-order valence-corrected chi connectivity index (χ2v) is 7.09. The lowest BCUT2D eigenvalue weighted by Crippen LogP contribution is -2.24. The van der Waals surface area contributed by atoms with Crippen molar-refractivity contribution in [2.45, 2.75) is 18.2 Å². The van der Waals surface area contributed by atoms with Crippen molar-refractivity contribution >= 4 is 16.0 Å². The summed E-state index contributed by atoms with van der Waals surface area (Å²) in [5.41, 5.74) is 3.05. The highest BCUT2D eigenvalue weighted by molar-refractivity contribution is 6.40. The molecular weight excluding hydrogens is 252 g/mol. The Labute approximate surface area is 116 Å². The van der Waals surface area contributed by atoms with E-state index < -0.39 is 9.52 Å². The topological polar surface area (TPSA) is 26.3 Å². The van der Waals surface area contributed by atoms with Crippen LogP contribution in [-0.4, -0.2) is 21.7 Å². The van der Waals surface area contributed by atoms with Crippen molar-refractivity contribution in [2.75, 3.05) is 0 Å². The maximum Gasteiger partial charge on any atom is 0.292 e. The van der Waals surface area contributed by atoms with E-state index in [0.717, 1.165) is 0 Å². The molecule has 0 fully saturated rings. The Balaban J connectivity index is 2.26. The number of ether oxygens (including phenoxy) is 1. The summed E-state index contributed by atoms with van der Waals surface area (Å²) in [5, 5.41) is 0. The van der Waals surface area contributed by atoms with Crippen LogP contribution in [0.1, 0.15) is 23.6 Å². The van der Waals surface area contributed by atoms with Gasteiger partial charge in [0.2, 0.25) is 0 Å². The van der Waals surface area contributed by atoms with Gasteiger partial charge in [0.05, 0.1) is 15.2 Å². The highest BCUT2D eigenvalue weighted by Crippen LogP contribution is 2.24. The molecule has 2 aromatic carbocycles. The van der Waals surface area contributed by atoms with E-state index >= 15 is 0 Å². The van der Waals surface area contributed by atoms with Gasteiger partial charge in [-0.3, -0.25) is 4.79 Å². The SMILES string of the molecule is CC(OC=O)[SiH2]C(c1ccccc1)c1ccccc1. The summed E-state index contributed by atoms with van der Waals surface area (Å²) in [4.78, 5) is 10.5. The van der Waals surface area contributed by atoms with Crippen LogP contribution < -0.4 is 0 Å². The smallest absolute Gasteiger partial charge is 0.292 e. The van der Waals surface area contributed by atoms with Crippen molar-refractivity contribution in [3.8, 4) is 0 Å². The molecule has 0 saturated carbocycles. The first-order valence-corrected chi connectivity index (χ1v) is 8.13. The van der Waals surface area contributed by atoms with E-state index in [1.165, 1.54) is 11.1 Å². The van der Waals surface area contributed by atoms with Crippen molar-refractivity contribution in [1.82, 2.24) is 0 Å². The first-order valence-electron chi connectivity index (χ1n) is 6.50. The first-order chi connectivity index (χ1) is 9.31. The fourth-order valence-electron chi connectivity index (χ4n) is 2.32. The Bertz CT molecular complexity index is 459. The zero-order valence-electron chi connectivity index (χ0n) is 11.0. The number of rotatable bonds is 6. The minimum absolute atomic E-state index is 0.0444. The van der Waals surface area contributed by atoms with Crippen molar-refractivity contribution in [2.24, 2.45) is 0 Å². The predicted octanol–water partition coefficient (Wildman–Crippen LogP) is 2.46. The van der Waals surface area contributed by atoms with Gasteiger partial charge in [0.15, 0.2) is 0 Å². The third-order valence-electron chi connectivity index (χ3n) is 3.26. The van der Waals surface area contributed by atoms with Gasteiger partial charge >= 0.3 is 0 Å². The Kier molecular flexibility index (Phi) is 4.92. The second-order valence-electron chi connectivity index (χ2n) is 4.65. The zero-order chi connectivity index (χ0) is 13.5. The molecule has 0 aliphatic heterocycles. The van der Waals surface area contributed by atoms with Crippen LogP contribution in [0, 0.1) is 0 Å². The highest BCUT2D eigenvalue weighted by Gasteiger charge is 2.18. The van der Waals surface area contributed by atoms with Crippen LogP contribution in [-0.2, 0) is 9.53 Å². The standard InChI is InChI=1S/C16H18O2Si/c1-13(18-12-17)19-16(14-8-4-2-5-9-14)15-10-6-3-7-11-15/h2-13,16H,19H2,1H3. The molecule has 0 aliphatic carbocycles. The summed E-state index contributed by atoms with van der Waals surface area (Å²) in [7, 11) is -0.611. The third-order valence-corrected chi connectivity index (χ3v) is 5.53. The summed E-state index contributed by atoms with van der Waals surface area (Å²) >= 11 is 0. The minimum atomic E-state index is -0.611. The van der Waals surface area contributed by atoms with Gasteiger partial charge in [-0.1, -0.05) is 60.7 Å². The van der Waals surface area contributed by atoms with Crippen LogP contribution >= 0.6 is 0 Å². The maximum absolute atomic E-state index is 10.5. The van der Waals surface area contributed by atoms with Gasteiger partial charge in [-0.15, -0.1) is 0 Å². The van der Waals surface area contributed by atoms with E-state index in [1.807, 2.05) is 19.1 Å². The van der Waals surface area contributed by atoms with Gasteiger partial charge < -0.3 is 4.74 Å². The second kappa shape index (κ2) is 6.90. The Morgan fingerprint density at radius 2 is 1.42 bits per heavy atom.